The summed E-state index contributed by atoms with van der Waals surface area (Å²) in [6.07, 6.45) is 0. The van der Waals surface area contributed by atoms with Crippen LogP contribution in [0.25, 0.3) is 0 Å². The highest BCUT2D eigenvalue weighted by Crippen LogP contribution is 2.22. The van der Waals surface area contributed by atoms with Crippen molar-refractivity contribution in [3.8, 4) is 0 Å². The summed E-state index contributed by atoms with van der Waals surface area (Å²) >= 11 is 0. The van der Waals surface area contributed by atoms with Crippen LogP contribution in [-0.4, -0.2) is 25.8 Å². The first kappa shape index (κ1) is 16.5. The van der Waals surface area contributed by atoms with Gasteiger partial charge in [0.15, 0.2) is 5.82 Å². The van der Waals surface area contributed by atoms with Crippen LogP contribution >= 0.6 is 0 Å². The molecular weight excluding hydrogens is 329 g/mol. The molecule has 0 radical (unpaired) electrons. The van der Waals surface area contributed by atoms with Gasteiger partial charge in [-0.05, 0) is 12.1 Å². The average Bonchev–Trinajstić information content (AvgIpc) is 3.02. The van der Waals surface area contributed by atoms with Crippen LogP contribution in [0, 0.1) is 12.7 Å². The Morgan fingerprint density at radius 1 is 1.28 bits per heavy atom. The Labute approximate surface area is 141 Å². The highest BCUT2D eigenvalue weighted by atomic mass is 19.1. The second-order valence-electron chi connectivity index (χ2n) is 5.28. The minimum Gasteiger partial charge on any atom is -0.340 e. The molecule has 3 rings (SSSR count). The fraction of sp³-hybridized carbons (Fsp3) is 0.188. The molecule has 1 atom stereocenters. The molecule has 0 aliphatic heterocycles. The molecule has 3 aromatic rings. The molecule has 9 heteroatoms. The Balaban J connectivity index is 1.97. The lowest BCUT2D eigenvalue weighted by atomic mass is 10.1. The zero-order valence-electron chi connectivity index (χ0n) is 13.4. The van der Waals surface area contributed by atoms with Crippen molar-refractivity contribution in [1.82, 2.24) is 25.2 Å². The molecule has 1 amide bonds. The number of aryl methyl sites for hydroxylation is 2. The molecule has 0 saturated heterocycles. The second kappa shape index (κ2) is 6.63. The van der Waals surface area contributed by atoms with Gasteiger partial charge < -0.3 is 9.84 Å². The lowest BCUT2D eigenvalue weighted by Gasteiger charge is -2.16. The lowest BCUT2D eigenvalue weighted by molar-refractivity contribution is 0.0933. The van der Waals surface area contributed by atoms with Crippen molar-refractivity contribution in [2.75, 3.05) is 0 Å². The Morgan fingerprint density at radius 3 is 2.68 bits per heavy atom. The van der Waals surface area contributed by atoms with Crippen LogP contribution in [0.15, 0.2) is 45.7 Å². The summed E-state index contributed by atoms with van der Waals surface area (Å²) in [6.45, 7) is 1.59. The van der Waals surface area contributed by atoms with Gasteiger partial charge in [-0.1, -0.05) is 23.4 Å². The van der Waals surface area contributed by atoms with Crippen molar-refractivity contribution in [3.05, 3.63) is 75.5 Å². The molecule has 128 valence electrons. The summed E-state index contributed by atoms with van der Waals surface area (Å²) in [5.74, 6) is -0.735. The van der Waals surface area contributed by atoms with Crippen LogP contribution in [-0.2, 0) is 7.05 Å². The van der Waals surface area contributed by atoms with Gasteiger partial charge in [-0.15, -0.1) is 0 Å². The summed E-state index contributed by atoms with van der Waals surface area (Å²) < 4.78 is 20.2. The van der Waals surface area contributed by atoms with E-state index in [0.717, 1.165) is 4.68 Å². The maximum absolute atomic E-state index is 14.2. The van der Waals surface area contributed by atoms with E-state index in [4.69, 9.17) is 4.52 Å². The number of benzene rings is 1. The predicted molar refractivity (Wildman–Crippen MR) is 84.2 cm³/mol. The van der Waals surface area contributed by atoms with Crippen LogP contribution < -0.4 is 10.9 Å². The molecule has 1 aromatic carbocycles. The third-order valence-electron chi connectivity index (χ3n) is 3.49. The smallest absolute Gasteiger partial charge is 0.272 e. The quantitative estimate of drug-likeness (QED) is 0.762. The number of aromatic nitrogens is 4. The van der Waals surface area contributed by atoms with Crippen molar-refractivity contribution in [3.63, 3.8) is 0 Å². The van der Waals surface area contributed by atoms with E-state index in [0.29, 0.717) is 0 Å². The topological polar surface area (TPSA) is 103 Å². The molecule has 0 saturated carbocycles. The number of amides is 1. The van der Waals surface area contributed by atoms with Gasteiger partial charge in [-0.2, -0.15) is 10.1 Å². The number of hydrogen-bond donors (Lipinski definition) is 1. The summed E-state index contributed by atoms with van der Waals surface area (Å²) in [4.78, 5) is 28.0. The molecule has 0 fully saturated rings. The molecule has 1 N–H and O–H groups in total. The summed E-state index contributed by atoms with van der Waals surface area (Å²) in [6, 6.07) is 7.50. The van der Waals surface area contributed by atoms with Gasteiger partial charge >= 0.3 is 0 Å². The number of carbonyl (C=O) groups excluding carboxylic acids is 1. The van der Waals surface area contributed by atoms with Crippen LogP contribution in [0.5, 0.6) is 0 Å². The van der Waals surface area contributed by atoms with E-state index in [-0.39, 0.29) is 28.5 Å². The number of rotatable bonds is 4. The highest BCUT2D eigenvalue weighted by Gasteiger charge is 2.25. The number of halogens is 1. The predicted octanol–water partition coefficient (Wildman–Crippen LogP) is 1.13. The van der Waals surface area contributed by atoms with Crippen LogP contribution in [0.4, 0.5) is 4.39 Å². The molecule has 0 aliphatic rings. The number of nitrogens with zero attached hydrogens (tertiary/aromatic N) is 4. The maximum atomic E-state index is 14.2. The normalized spacial score (nSPS) is 12.0. The van der Waals surface area contributed by atoms with Gasteiger partial charge in [-0.3, -0.25) is 9.59 Å². The number of carbonyl (C=O) groups is 1. The number of hydrogen-bond acceptors (Lipinski definition) is 6. The Hall–Kier alpha value is -3.36. The maximum Gasteiger partial charge on any atom is 0.272 e. The van der Waals surface area contributed by atoms with Crippen molar-refractivity contribution in [2.45, 2.75) is 13.0 Å². The zero-order valence-corrected chi connectivity index (χ0v) is 13.4. The van der Waals surface area contributed by atoms with Gasteiger partial charge in [0.25, 0.3) is 11.5 Å². The molecular formula is C16H14FN5O3. The number of nitrogens with one attached hydrogen (secondary N) is 1. The third-order valence-corrected chi connectivity index (χ3v) is 3.49. The molecule has 0 unspecified atom stereocenters. The minimum absolute atomic E-state index is 0.00339. The monoisotopic (exact) mass is 343 g/mol. The van der Waals surface area contributed by atoms with Crippen LogP contribution in [0.3, 0.4) is 0 Å². The Bertz CT molecular complexity index is 982. The minimum atomic E-state index is -0.967. The van der Waals surface area contributed by atoms with Gasteiger partial charge in [-0.25, -0.2) is 9.07 Å². The van der Waals surface area contributed by atoms with Gasteiger partial charge in [0.05, 0.1) is 0 Å². The zero-order chi connectivity index (χ0) is 18.0. The fourth-order valence-corrected chi connectivity index (χ4v) is 2.25. The van der Waals surface area contributed by atoms with Crippen LogP contribution in [0.1, 0.15) is 33.8 Å². The van der Waals surface area contributed by atoms with Gasteiger partial charge in [0.1, 0.15) is 17.6 Å². The lowest BCUT2D eigenvalue weighted by Crippen LogP contribution is -2.33. The van der Waals surface area contributed by atoms with Crippen molar-refractivity contribution in [2.24, 2.45) is 7.05 Å². The summed E-state index contributed by atoms with van der Waals surface area (Å²) in [7, 11) is 1.43. The molecule has 8 nitrogen and oxygen atoms in total. The largest absolute Gasteiger partial charge is 0.340 e. The fourth-order valence-electron chi connectivity index (χ4n) is 2.25. The van der Waals surface area contributed by atoms with E-state index < -0.39 is 17.8 Å². The molecule has 25 heavy (non-hydrogen) atoms. The van der Waals surface area contributed by atoms with E-state index in [1.807, 2.05) is 0 Å². The highest BCUT2D eigenvalue weighted by molar-refractivity contribution is 5.92. The summed E-state index contributed by atoms with van der Waals surface area (Å²) in [5, 5.41) is 10.3. The second-order valence-corrected chi connectivity index (χ2v) is 5.28. The molecule has 0 bridgehead atoms. The van der Waals surface area contributed by atoms with E-state index >= 15 is 0 Å². The molecule has 2 heterocycles. The SMILES string of the molecule is Cc1nc([C@H](NC(=O)c2ccc(=O)n(C)n2)c2ccccc2F)no1. The first-order valence-corrected chi connectivity index (χ1v) is 7.35. The van der Waals surface area contributed by atoms with E-state index in [9.17, 15) is 14.0 Å². The van der Waals surface area contributed by atoms with E-state index in [2.05, 4.69) is 20.6 Å². The molecule has 0 spiro atoms. The Morgan fingerprint density at radius 2 is 2.04 bits per heavy atom. The molecule has 0 aliphatic carbocycles. The summed E-state index contributed by atoms with van der Waals surface area (Å²) in [5.41, 5.74) is -0.166. The van der Waals surface area contributed by atoms with Gasteiger partial charge in [0, 0.05) is 25.6 Å². The van der Waals surface area contributed by atoms with Gasteiger partial charge in [0.2, 0.25) is 5.89 Å². The average molecular weight is 343 g/mol. The van der Waals surface area contributed by atoms with E-state index in [1.54, 1.807) is 13.0 Å². The first-order valence-electron chi connectivity index (χ1n) is 7.35. The van der Waals surface area contributed by atoms with Crippen LogP contribution in [0.2, 0.25) is 0 Å². The van der Waals surface area contributed by atoms with Crippen molar-refractivity contribution >= 4 is 5.91 Å². The third kappa shape index (κ3) is 3.44. The first-order chi connectivity index (χ1) is 12.0. The van der Waals surface area contributed by atoms with Crippen molar-refractivity contribution < 1.29 is 13.7 Å². The van der Waals surface area contributed by atoms with E-state index in [1.165, 1.54) is 37.4 Å². The Kier molecular flexibility index (Phi) is 4.38. The standard InChI is InChI=1S/C16H14FN5O3/c1-9-18-15(21-25-9)14(10-5-3-4-6-11(10)17)19-16(24)12-7-8-13(23)22(2)20-12/h3-8,14H,1-2H3,(H,19,24)/t14-/m1/s1. The molecule has 2 aromatic heterocycles. The van der Waals surface area contributed by atoms with Crippen molar-refractivity contribution in [1.29, 1.82) is 0 Å².